The second-order valence-electron chi connectivity index (χ2n) is 5.84. The Bertz CT molecular complexity index is 1160. The van der Waals surface area contributed by atoms with E-state index in [0.717, 1.165) is 0 Å². The second kappa shape index (κ2) is 7.23. The molecule has 0 unspecified atom stereocenters. The van der Waals surface area contributed by atoms with Crippen molar-refractivity contribution in [3.05, 3.63) is 60.8 Å². The van der Waals surface area contributed by atoms with Crippen LogP contribution < -0.4 is 10.5 Å². The van der Waals surface area contributed by atoms with Crippen molar-refractivity contribution >= 4 is 5.82 Å². The van der Waals surface area contributed by atoms with E-state index in [1.165, 1.54) is 24.4 Å². The highest BCUT2D eigenvalue weighted by Crippen LogP contribution is 2.30. The molecule has 0 radical (unpaired) electrons. The quantitative estimate of drug-likeness (QED) is 0.521. The van der Waals surface area contributed by atoms with Gasteiger partial charge in [0.2, 0.25) is 5.89 Å². The van der Waals surface area contributed by atoms with Gasteiger partial charge in [-0.15, -0.1) is 23.4 Å². The number of nitrogen functional groups attached to an aromatic ring is 1. The van der Waals surface area contributed by atoms with Crippen LogP contribution in [0.5, 0.6) is 5.75 Å². The maximum absolute atomic E-state index is 12.5. The van der Waals surface area contributed by atoms with E-state index in [9.17, 15) is 13.2 Å². The van der Waals surface area contributed by atoms with Crippen LogP contribution >= 0.6 is 0 Å². The van der Waals surface area contributed by atoms with E-state index in [0.29, 0.717) is 11.1 Å². The van der Waals surface area contributed by atoms with Crippen molar-refractivity contribution in [3.8, 4) is 40.0 Å². The highest BCUT2D eigenvalue weighted by molar-refractivity contribution is 5.69. The van der Waals surface area contributed by atoms with Gasteiger partial charge in [0.15, 0.2) is 11.5 Å². The Morgan fingerprint density at radius 2 is 1.66 bits per heavy atom. The molecule has 0 spiro atoms. The Labute approximate surface area is 165 Å². The van der Waals surface area contributed by atoms with Gasteiger partial charge in [0.1, 0.15) is 5.75 Å². The molecule has 0 fully saturated rings. The number of nitrogens with two attached hydrogens (primary N) is 1. The van der Waals surface area contributed by atoms with Gasteiger partial charge in [0.05, 0.1) is 11.9 Å². The zero-order valence-electron chi connectivity index (χ0n) is 14.6. The van der Waals surface area contributed by atoms with Gasteiger partial charge in [-0.3, -0.25) is 0 Å². The van der Waals surface area contributed by atoms with Crippen LogP contribution in [-0.4, -0.2) is 26.5 Å². The van der Waals surface area contributed by atoms with Crippen molar-refractivity contribution in [1.29, 1.82) is 0 Å². The van der Waals surface area contributed by atoms with Crippen LogP contribution in [0.25, 0.3) is 34.3 Å². The zero-order chi connectivity index (χ0) is 20.4. The van der Waals surface area contributed by atoms with Crippen LogP contribution in [-0.2, 0) is 0 Å². The summed E-state index contributed by atoms with van der Waals surface area (Å²) in [6, 6.07) is 14.5. The van der Waals surface area contributed by atoms with Crippen molar-refractivity contribution in [2.45, 2.75) is 6.36 Å². The number of ether oxygens (including phenoxy) is 1. The van der Waals surface area contributed by atoms with Gasteiger partial charge in [0, 0.05) is 14.0 Å². The molecule has 2 aromatic heterocycles. The number of halogens is 3. The fourth-order valence-electron chi connectivity index (χ4n) is 2.56. The van der Waals surface area contributed by atoms with Crippen LogP contribution in [0.4, 0.5) is 19.0 Å². The van der Waals surface area contributed by atoms with Gasteiger partial charge < -0.3 is 14.9 Å². The number of anilines is 1. The van der Waals surface area contributed by atoms with E-state index >= 15 is 0 Å². The molecule has 10 heteroatoms. The fourth-order valence-corrected chi connectivity index (χ4v) is 2.56. The van der Waals surface area contributed by atoms with Crippen LogP contribution in [0.3, 0.4) is 0 Å². The molecule has 4 rings (SSSR count). The Morgan fingerprint density at radius 1 is 0.931 bits per heavy atom. The molecular formula is C19H16F3N5O2. The number of aromatic nitrogens is 4. The Morgan fingerprint density at radius 3 is 2.41 bits per heavy atom. The van der Waals surface area contributed by atoms with Crippen molar-refractivity contribution in [2.24, 2.45) is 0 Å². The molecule has 2 N–H and O–H groups in total. The summed E-state index contributed by atoms with van der Waals surface area (Å²) in [6.45, 7) is 0. The Hall–Kier alpha value is -3.95. The average Bonchev–Trinajstić information content (AvgIpc) is 3.18. The third-order valence-electron chi connectivity index (χ3n) is 3.81. The summed E-state index contributed by atoms with van der Waals surface area (Å²) in [4.78, 5) is 8.38. The summed E-state index contributed by atoms with van der Waals surface area (Å²) < 4.78 is 47.0. The highest BCUT2D eigenvalue weighted by Gasteiger charge is 2.31. The maximum Gasteiger partial charge on any atom is 0.573 e. The highest BCUT2D eigenvalue weighted by atomic mass is 19.4. The molecule has 0 aliphatic rings. The molecule has 0 saturated carbocycles. The molecular weight excluding hydrogens is 387 g/mol. The lowest BCUT2D eigenvalue weighted by Gasteiger charge is -2.10. The minimum absolute atomic E-state index is 0. The van der Waals surface area contributed by atoms with Gasteiger partial charge in [-0.2, -0.15) is 0 Å². The minimum atomic E-state index is -4.80. The summed E-state index contributed by atoms with van der Waals surface area (Å²) in [6.07, 6.45) is -3.46. The maximum atomic E-state index is 12.5. The first-order chi connectivity index (χ1) is 13.9. The molecule has 0 saturated heterocycles. The average molecular weight is 403 g/mol. The minimum Gasteiger partial charge on any atom is -0.414 e. The van der Waals surface area contributed by atoms with Crippen molar-refractivity contribution in [3.63, 3.8) is 0 Å². The predicted octanol–water partition coefficient (Wildman–Crippen LogP) is 4.83. The van der Waals surface area contributed by atoms with Crippen LogP contribution in [0.15, 0.2) is 65.2 Å². The first-order valence-corrected chi connectivity index (χ1v) is 8.27. The molecule has 2 heterocycles. The summed E-state index contributed by atoms with van der Waals surface area (Å²) in [5.41, 5.74) is 7.34. The van der Waals surface area contributed by atoms with E-state index < -0.39 is 6.36 Å². The number of hydrogen-bond donors (Lipinski definition) is 1. The lowest BCUT2D eigenvalue weighted by Crippen LogP contribution is -2.17. The molecule has 29 heavy (non-hydrogen) atoms. The van der Waals surface area contributed by atoms with E-state index in [1.807, 2.05) is 18.2 Å². The van der Waals surface area contributed by atoms with E-state index in [4.69, 9.17) is 10.2 Å². The number of benzene rings is 2. The molecule has 0 bridgehead atoms. The monoisotopic (exact) mass is 403 g/mol. The number of nitrogens with zero attached hydrogens (tertiary/aromatic N) is 4. The lowest BCUT2D eigenvalue weighted by molar-refractivity contribution is -0.274. The van der Waals surface area contributed by atoms with Gasteiger partial charge in [-0.1, -0.05) is 30.3 Å². The van der Waals surface area contributed by atoms with Crippen LogP contribution in [0.1, 0.15) is 2.85 Å². The molecule has 0 amide bonds. The SMILES string of the molecule is Nc1ncc(-c2cccc(OC(F)(F)F)c2)nc1-c1nnc(-c2ccccc2)o1.[HH].[HH]. The first-order valence-electron chi connectivity index (χ1n) is 8.27. The van der Waals surface area contributed by atoms with E-state index in [2.05, 4.69) is 24.9 Å². The largest absolute Gasteiger partial charge is 0.573 e. The Kier molecular flexibility index (Phi) is 4.59. The summed E-state index contributed by atoms with van der Waals surface area (Å²) in [7, 11) is 0. The van der Waals surface area contributed by atoms with Gasteiger partial charge >= 0.3 is 6.36 Å². The van der Waals surface area contributed by atoms with Crippen LogP contribution in [0.2, 0.25) is 0 Å². The fraction of sp³-hybridized carbons (Fsp3) is 0.0526. The molecule has 150 valence electrons. The van der Waals surface area contributed by atoms with E-state index in [1.54, 1.807) is 18.2 Å². The first kappa shape index (κ1) is 18.4. The smallest absolute Gasteiger partial charge is 0.414 e. The predicted molar refractivity (Wildman–Crippen MR) is 102 cm³/mol. The van der Waals surface area contributed by atoms with Crippen LogP contribution in [0, 0.1) is 0 Å². The topological polar surface area (TPSA) is 100.0 Å². The second-order valence-corrected chi connectivity index (χ2v) is 5.84. The van der Waals surface area contributed by atoms with E-state index in [-0.39, 0.29) is 37.6 Å². The third kappa shape index (κ3) is 4.15. The lowest BCUT2D eigenvalue weighted by atomic mass is 10.1. The van der Waals surface area contributed by atoms with Crippen molar-refractivity contribution < 1.29 is 25.2 Å². The molecule has 7 nitrogen and oxygen atoms in total. The number of hydrogen-bond acceptors (Lipinski definition) is 7. The molecule has 0 aliphatic heterocycles. The molecule has 4 aromatic rings. The number of rotatable bonds is 4. The van der Waals surface area contributed by atoms with Crippen molar-refractivity contribution in [1.82, 2.24) is 20.2 Å². The number of alkyl halides is 3. The van der Waals surface area contributed by atoms with Crippen molar-refractivity contribution in [2.75, 3.05) is 5.73 Å². The molecule has 0 aliphatic carbocycles. The molecule has 0 atom stereocenters. The normalized spacial score (nSPS) is 11.4. The van der Waals surface area contributed by atoms with Gasteiger partial charge in [-0.25, -0.2) is 9.97 Å². The summed E-state index contributed by atoms with van der Waals surface area (Å²) in [5, 5.41) is 7.93. The summed E-state index contributed by atoms with van der Waals surface area (Å²) in [5.74, 6) is -0.0230. The molecule has 2 aromatic carbocycles. The van der Waals surface area contributed by atoms with Gasteiger partial charge in [-0.05, 0) is 24.3 Å². The Balaban J connectivity index is 0.00000171. The summed E-state index contributed by atoms with van der Waals surface area (Å²) >= 11 is 0. The third-order valence-corrected chi connectivity index (χ3v) is 3.81. The zero-order valence-corrected chi connectivity index (χ0v) is 14.6. The van der Waals surface area contributed by atoms with Gasteiger partial charge in [0.25, 0.3) is 5.89 Å². The standard InChI is InChI=1S/C19H12F3N5O2.2H2/c20-19(21,22)29-13-8-4-7-12(9-13)14-10-24-16(23)15(25-14)18-27-26-17(28-18)11-5-2-1-3-6-11;;/h1-10H,(H2,23,24);2*1H.